The van der Waals surface area contributed by atoms with Gasteiger partial charge in [-0.2, -0.15) is 4.98 Å². The van der Waals surface area contributed by atoms with Crippen molar-refractivity contribution in [2.45, 2.75) is 26.8 Å². The van der Waals surface area contributed by atoms with Crippen LogP contribution in [0.25, 0.3) is 0 Å². The van der Waals surface area contributed by atoms with Gasteiger partial charge in [0.1, 0.15) is 6.54 Å². The zero-order valence-electron chi connectivity index (χ0n) is 12.2. The van der Waals surface area contributed by atoms with E-state index in [1.54, 1.807) is 4.90 Å². The van der Waals surface area contributed by atoms with Crippen molar-refractivity contribution >= 4 is 11.7 Å². The topological polar surface area (TPSA) is 79.5 Å². The van der Waals surface area contributed by atoms with E-state index in [2.05, 4.69) is 24.0 Å². The highest BCUT2D eigenvalue weighted by atomic mass is 16.5. The highest BCUT2D eigenvalue weighted by molar-refractivity contribution is 5.73. The number of rotatable bonds is 7. The van der Waals surface area contributed by atoms with Crippen LogP contribution in [0.15, 0.2) is 34.9 Å². The monoisotopic (exact) mass is 289 g/mol. The average molecular weight is 289 g/mol. The molecular weight excluding hydrogens is 270 g/mol. The molecule has 0 aliphatic carbocycles. The summed E-state index contributed by atoms with van der Waals surface area (Å²) in [5, 5.41) is 13.0. The lowest BCUT2D eigenvalue weighted by Gasteiger charge is -2.20. The van der Waals surface area contributed by atoms with E-state index in [0.717, 1.165) is 12.1 Å². The molecule has 6 heteroatoms. The van der Waals surface area contributed by atoms with Crippen LogP contribution < -0.4 is 4.90 Å². The Hall–Kier alpha value is -2.37. The number of anilines is 1. The molecule has 1 aromatic carbocycles. The first kappa shape index (κ1) is 15.0. The molecule has 1 heterocycles. The summed E-state index contributed by atoms with van der Waals surface area (Å²) < 4.78 is 5.20. The van der Waals surface area contributed by atoms with Gasteiger partial charge < -0.3 is 14.5 Å². The Morgan fingerprint density at radius 2 is 2.05 bits per heavy atom. The van der Waals surface area contributed by atoms with Gasteiger partial charge in [-0.05, 0) is 18.1 Å². The summed E-state index contributed by atoms with van der Waals surface area (Å²) in [6.07, 6.45) is 0.744. The van der Waals surface area contributed by atoms with Crippen molar-refractivity contribution in [1.29, 1.82) is 0 Å². The summed E-state index contributed by atoms with van der Waals surface area (Å²) in [6, 6.07) is 9.32. The summed E-state index contributed by atoms with van der Waals surface area (Å²) in [6.45, 7) is 4.32. The molecule has 1 aromatic heterocycles. The van der Waals surface area contributed by atoms with Crippen LogP contribution in [-0.2, 0) is 17.8 Å². The van der Waals surface area contributed by atoms with Crippen LogP contribution in [0.1, 0.15) is 25.6 Å². The molecule has 0 saturated heterocycles. The first-order valence-electron chi connectivity index (χ1n) is 6.88. The Morgan fingerprint density at radius 3 is 2.67 bits per heavy atom. The van der Waals surface area contributed by atoms with Gasteiger partial charge in [-0.15, -0.1) is 0 Å². The molecule has 0 bridgehead atoms. The van der Waals surface area contributed by atoms with Gasteiger partial charge in [0.15, 0.2) is 5.82 Å². The normalized spacial score (nSPS) is 10.8. The Morgan fingerprint density at radius 1 is 1.33 bits per heavy atom. The van der Waals surface area contributed by atoms with Gasteiger partial charge in [-0.3, -0.25) is 4.79 Å². The average Bonchev–Trinajstić information content (AvgIpc) is 2.85. The number of benzene rings is 1. The van der Waals surface area contributed by atoms with Gasteiger partial charge >= 0.3 is 5.97 Å². The van der Waals surface area contributed by atoms with Crippen LogP contribution in [0.2, 0.25) is 0 Å². The van der Waals surface area contributed by atoms with E-state index in [4.69, 9.17) is 9.63 Å². The number of aliphatic carboxylic acids is 1. The molecule has 21 heavy (non-hydrogen) atoms. The fraction of sp³-hybridized carbons (Fsp3) is 0.400. The lowest BCUT2D eigenvalue weighted by atomic mass is 10.1. The summed E-state index contributed by atoms with van der Waals surface area (Å²) in [7, 11) is 0. The number of carboxylic acids is 1. The van der Waals surface area contributed by atoms with Crippen molar-refractivity contribution < 1.29 is 14.4 Å². The highest BCUT2D eigenvalue weighted by Gasteiger charge is 2.15. The summed E-state index contributed by atoms with van der Waals surface area (Å²) >= 11 is 0. The van der Waals surface area contributed by atoms with Crippen LogP contribution in [0.5, 0.6) is 0 Å². The van der Waals surface area contributed by atoms with Crippen molar-refractivity contribution in [3.63, 3.8) is 0 Å². The zero-order chi connectivity index (χ0) is 15.2. The minimum atomic E-state index is -0.902. The summed E-state index contributed by atoms with van der Waals surface area (Å²) in [4.78, 5) is 17.0. The smallest absolute Gasteiger partial charge is 0.323 e. The molecule has 0 saturated carbocycles. The minimum absolute atomic E-state index is 0.119. The van der Waals surface area contributed by atoms with Crippen molar-refractivity contribution in [2.75, 3.05) is 11.4 Å². The van der Waals surface area contributed by atoms with Crippen LogP contribution in [0.4, 0.5) is 5.69 Å². The van der Waals surface area contributed by atoms with E-state index >= 15 is 0 Å². The molecule has 0 aliphatic heterocycles. The first-order valence-corrected chi connectivity index (χ1v) is 6.88. The number of nitrogens with zero attached hydrogens (tertiary/aromatic N) is 3. The van der Waals surface area contributed by atoms with Gasteiger partial charge in [0.2, 0.25) is 5.89 Å². The Balaban J connectivity index is 2.11. The number of carboxylic acid groups (broad SMARTS) is 1. The fourth-order valence-electron chi connectivity index (χ4n) is 2.01. The Kier molecular flexibility index (Phi) is 4.92. The Labute approximate surface area is 123 Å². The molecule has 1 N–H and O–H groups in total. The van der Waals surface area contributed by atoms with Gasteiger partial charge in [-0.1, -0.05) is 37.2 Å². The predicted molar refractivity (Wildman–Crippen MR) is 78.0 cm³/mol. The van der Waals surface area contributed by atoms with Crippen LogP contribution >= 0.6 is 0 Å². The van der Waals surface area contributed by atoms with Crippen molar-refractivity contribution in [1.82, 2.24) is 10.1 Å². The second-order valence-electron chi connectivity index (χ2n) is 5.29. The molecule has 0 aliphatic rings. The molecule has 6 nitrogen and oxygen atoms in total. The highest BCUT2D eigenvalue weighted by Crippen LogP contribution is 2.16. The minimum Gasteiger partial charge on any atom is -0.480 e. The van der Waals surface area contributed by atoms with E-state index in [0.29, 0.717) is 17.6 Å². The van der Waals surface area contributed by atoms with E-state index in [-0.39, 0.29) is 13.1 Å². The predicted octanol–water partition coefficient (Wildman–Crippen LogP) is 2.36. The molecule has 0 spiro atoms. The maximum Gasteiger partial charge on any atom is 0.323 e. The fourth-order valence-corrected chi connectivity index (χ4v) is 2.01. The van der Waals surface area contributed by atoms with E-state index < -0.39 is 5.97 Å². The standard InChI is InChI=1S/C15H19N3O3/c1-11(2)8-13-16-14(21-17-13)9-18(10-15(19)20)12-6-4-3-5-7-12/h3-7,11H,8-10H2,1-2H3,(H,19,20). The number of para-hydroxylation sites is 1. The van der Waals surface area contributed by atoms with Crippen molar-refractivity contribution in [3.05, 3.63) is 42.0 Å². The van der Waals surface area contributed by atoms with Gasteiger partial charge in [-0.25, -0.2) is 0 Å². The SMILES string of the molecule is CC(C)Cc1noc(CN(CC(=O)O)c2ccccc2)n1. The third kappa shape index (κ3) is 4.59. The summed E-state index contributed by atoms with van der Waals surface area (Å²) in [5.74, 6) is 0.625. The molecule has 2 aromatic rings. The van der Waals surface area contributed by atoms with Gasteiger partial charge in [0.25, 0.3) is 0 Å². The lowest BCUT2D eigenvalue weighted by Crippen LogP contribution is -2.29. The quantitative estimate of drug-likeness (QED) is 0.843. The molecule has 2 rings (SSSR count). The van der Waals surface area contributed by atoms with Crippen molar-refractivity contribution in [2.24, 2.45) is 5.92 Å². The van der Waals surface area contributed by atoms with Crippen LogP contribution in [-0.4, -0.2) is 27.8 Å². The third-order valence-corrected chi connectivity index (χ3v) is 2.87. The van der Waals surface area contributed by atoms with Crippen LogP contribution in [0.3, 0.4) is 0 Å². The van der Waals surface area contributed by atoms with Crippen molar-refractivity contribution in [3.8, 4) is 0 Å². The molecule has 0 atom stereocenters. The number of hydrogen-bond donors (Lipinski definition) is 1. The molecule has 0 fully saturated rings. The number of carbonyl (C=O) groups is 1. The second-order valence-corrected chi connectivity index (χ2v) is 5.29. The molecule has 112 valence electrons. The Bertz CT molecular complexity index is 581. The molecular formula is C15H19N3O3. The lowest BCUT2D eigenvalue weighted by molar-refractivity contribution is -0.135. The van der Waals surface area contributed by atoms with E-state index in [1.165, 1.54) is 0 Å². The largest absolute Gasteiger partial charge is 0.480 e. The molecule has 0 amide bonds. The molecule has 0 radical (unpaired) electrons. The third-order valence-electron chi connectivity index (χ3n) is 2.87. The number of aromatic nitrogens is 2. The van der Waals surface area contributed by atoms with Gasteiger partial charge in [0, 0.05) is 12.1 Å². The first-order chi connectivity index (χ1) is 10.0. The zero-order valence-corrected chi connectivity index (χ0v) is 12.2. The van der Waals surface area contributed by atoms with E-state index in [9.17, 15) is 4.79 Å². The van der Waals surface area contributed by atoms with Gasteiger partial charge in [0.05, 0.1) is 6.54 Å². The molecule has 0 unspecified atom stereocenters. The maximum atomic E-state index is 11.0. The second kappa shape index (κ2) is 6.88. The van der Waals surface area contributed by atoms with E-state index in [1.807, 2.05) is 30.3 Å². The maximum absolute atomic E-state index is 11.0. The number of hydrogen-bond acceptors (Lipinski definition) is 5. The van der Waals surface area contributed by atoms with Crippen LogP contribution in [0, 0.1) is 5.92 Å². The summed E-state index contributed by atoms with van der Waals surface area (Å²) in [5.41, 5.74) is 0.809.